The fraction of sp³-hybridized carbons (Fsp3) is 0.300. The highest BCUT2D eigenvalue weighted by atomic mass is 79.9. The van der Waals surface area contributed by atoms with Crippen LogP contribution in [0.2, 0.25) is 0 Å². The number of hydrogen-bond acceptors (Lipinski definition) is 3. The predicted molar refractivity (Wildman–Crippen MR) is 58.3 cm³/mol. The Morgan fingerprint density at radius 2 is 2.25 bits per heavy atom. The predicted octanol–water partition coefficient (Wildman–Crippen LogP) is 2.32. The number of ether oxygens (including phenoxy) is 1. The summed E-state index contributed by atoms with van der Waals surface area (Å²) in [7, 11) is 1.30. The number of hydrogen-bond donors (Lipinski definition) is 2. The zero-order valence-electron chi connectivity index (χ0n) is 8.46. The van der Waals surface area contributed by atoms with Crippen LogP contribution in [-0.2, 0) is 11.2 Å². The normalized spacial score (nSPS) is 10.2. The Morgan fingerprint density at radius 3 is 2.75 bits per heavy atom. The first-order chi connectivity index (χ1) is 7.47. The van der Waals surface area contributed by atoms with E-state index in [1.54, 1.807) is 0 Å². The van der Waals surface area contributed by atoms with Gasteiger partial charge in [0.05, 0.1) is 11.6 Å². The molecule has 0 saturated carbocycles. The summed E-state index contributed by atoms with van der Waals surface area (Å²) >= 11 is 2.96. The van der Waals surface area contributed by atoms with Crippen LogP contribution in [0.3, 0.4) is 0 Å². The highest BCUT2D eigenvalue weighted by molar-refractivity contribution is 9.10. The van der Waals surface area contributed by atoms with Gasteiger partial charge >= 0.3 is 5.97 Å². The molecule has 88 valence electrons. The van der Waals surface area contributed by atoms with E-state index in [0.29, 0.717) is 0 Å². The first-order valence-corrected chi connectivity index (χ1v) is 5.22. The van der Waals surface area contributed by atoms with Crippen LogP contribution in [-0.4, -0.2) is 23.3 Å². The van der Waals surface area contributed by atoms with Crippen LogP contribution < -0.4 is 4.74 Å². The lowest BCUT2D eigenvalue weighted by molar-refractivity contribution is -0.136. The summed E-state index contributed by atoms with van der Waals surface area (Å²) in [4.78, 5) is 10.4. The van der Waals surface area contributed by atoms with Gasteiger partial charge in [-0.15, -0.1) is 0 Å². The number of benzene rings is 1. The SMILES string of the molecule is COc1cc(F)c(Br)c(CCC(=O)O)c1O. The molecule has 0 saturated heterocycles. The lowest BCUT2D eigenvalue weighted by Gasteiger charge is -2.11. The van der Waals surface area contributed by atoms with Crippen molar-refractivity contribution in [2.45, 2.75) is 12.8 Å². The molecule has 0 amide bonds. The molecule has 1 aromatic rings. The molecule has 0 radical (unpaired) electrons. The van der Waals surface area contributed by atoms with Gasteiger partial charge in [0.2, 0.25) is 0 Å². The van der Waals surface area contributed by atoms with Crippen LogP contribution in [0.5, 0.6) is 11.5 Å². The Morgan fingerprint density at radius 1 is 1.62 bits per heavy atom. The molecule has 4 nitrogen and oxygen atoms in total. The van der Waals surface area contributed by atoms with E-state index in [1.807, 2.05) is 0 Å². The average Bonchev–Trinajstić information content (AvgIpc) is 2.23. The molecule has 6 heteroatoms. The average molecular weight is 293 g/mol. The minimum atomic E-state index is -1.02. The van der Waals surface area contributed by atoms with E-state index < -0.39 is 11.8 Å². The number of aromatic hydroxyl groups is 1. The van der Waals surface area contributed by atoms with Gasteiger partial charge in [0.1, 0.15) is 5.82 Å². The van der Waals surface area contributed by atoms with Gasteiger partial charge in [-0.25, -0.2) is 4.39 Å². The van der Waals surface area contributed by atoms with E-state index in [4.69, 9.17) is 9.84 Å². The summed E-state index contributed by atoms with van der Waals surface area (Å²) in [5.74, 6) is -1.87. The molecular weight excluding hydrogens is 283 g/mol. The van der Waals surface area contributed by atoms with Crippen molar-refractivity contribution in [2.24, 2.45) is 0 Å². The number of carboxylic acid groups (broad SMARTS) is 1. The van der Waals surface area contributed by atoms with E-state index in [0.717, 1.165) is 6.07 Å². The third kappa shape index (κ3) is 2.63. The molecule has 0 spiro atoms. The van der Waals surface area contributed by atoms with Crippen LogP contribution >= 0.6 is 15.9 Å². The fourth-order valence-electron chi connectivity index (χ4n) is 1.26. The maximum absolute atomic E-state index is 13.3. The molecule has 0 aliphatic rings. The van der Waals surface area contributed by atoms with Crippen molar-refractivity contribution >= 4 is 21.9 Å². The lowest BCUT2D eigenvalue weighted by Crippen LogP contribution is -2.00. The number of methoxy groups -OCH3 is 1. The second kappa shape index (κ2) is 5.16. The molecule has 1 aromatic carbocycles. The molecule has 0 aliphatic carbocycles. The van der Waals surface area contributed by atoms with Crippen LogP contribution in [0.15, 0.2) is 10.5 Å². The van der Waals surface area contributed by atoms with Crippen molar-refractivity contribution < 1.29 is 24.1 Å². The number of halogens is 2. The molecule has 0 fully saturated rings. The number of carbonyl (C=O) groups is 1. The summed E-state index contributed by atoms with van der Waals surface area (Å²) in [6, 6.07) is 1.03. The smallest absolute Gasteiger partial charge is 0.303 e. The second-order valence-corrected chi connectivity index (χ2v) is 3.89. The molecule has 0 aromatic heterocycles. The fourth-order valence-corrected chi connectivity index (χ4v) is 1.76. The zero-order chi connectivity index (χ0) is 12.3. The Labute approximate surface area is 99.8 Å². The molecule has 0 aliphatic heterocycles. The van der Waals surface area contributed by atoms with Crippen molar-refractivity contribution in [3.8, 4) is 11.5 Å². The van der Waals surface area contributed by atoms with Crippen LogP contribution in [0, 0.1) is 5.82 Å². The largest absolute Gasteiger partial charge is 0.504 e. The van der Waals surface area contributed by atoms with Crippen LogP contribution in [0.1, 0.15) is 12.0 Å². The Bertz CT molecular complexity index is 420. The molecular formula is C10H10BrFO4. The molecule has 1 rings (SSSR count). The van der Waals surface area contributed by atoms with Crippen LogP contribution in [0.25, 0.3) is 0 Å². The summed E-state index contributed by atoms with van der Waals surface area (Å²) in [6.45, 7) is 0. The highest BCUT2D eigenvalue weighted by Crippen LogP contribution is 2.37. The molecule has 16 heavy (non-hydrogen) atoms. The Kier molecular flexibility index (Phi) is 4.12. The first kappa shape index (κ1) is 12.8. The van der Waals surface area contributed by atoms with Crippen molar-refractivity contribution in [2.75, 3.05) is 7.11 Å². The minimum Gasteiger partial charge on any atom is -0.504 e. The number of rotatable bonds is 4. The van der Waals surface area contributed by atoms with Gasteiger partial charge in [0.15, 0.2) is 11.5 Å². The number of aliphatic carboxylic acids is 1. The molecule has 0 atom stereocenters. The minimum absolute atomic E-state index is 0.0129. The summed E-state index contributed by atoms with van der Waals surface area (Å²) in [6.07, 6.45) is -0.172. The first-order valence-electron chi connectivity index (χ1n) is 4.43. The summed E-state index contributed by atoms with van der Waals surface area (Å²) < 4.78 is 18.2. The Balaban J connectivity index is 3.14. The number of carboxylic acids is 1. The van der Waals surface area contributed by atoms with Crippen molar-refractivity contribution in [1.29, 1.82) is 0 Å². The van der Waals surface area contributed by atoms with Gasteiger partial charge in [-0.2, -0.15) is 0 Å². The lowest BCUT2D eigenvalue weighted by atomic mass is 10.1. The zero-order valence-corrected chi connectivity index (χ0v) is 10.0. The molecule has 0 heterocycles. The van der Waals surface area contributed by atoms with Crippen molar-refractivity contribution in [1.82, 2.24) is 0 Å². The van der Waals surface area contributed by atoms with E-state index >= 15 is 0 Å². The van der Waals surface area contributed by atoms with Gasteiger partial charge in [-0.3, -0.25) is 4.79 Å². The van der Waals surface area contributed by atoms with Crippen LogP contribution in [0.4, 0.5) is 4.39 Å². The highest BCUT2D eigenvalue weighted by Gasteiger charge is 2.17. The standard InChI is InChI=1S/C10H10BrFO4/c1-16-7-4-6(12)9(11)5(10(7)15)2-3-8(13)14/h4,15H,2-3H2,1H3,(H,13,14). The summed E-state index contributed by atoms with van der Waals surface area (Å²) in [5, 5.41) is 18.2. The third-order valence-electron chi connectivity index (χ3n) is 2.06. The van der Waals surface area contributed by atoms with Gasteiger partial charge in [0.25, 0.3) is 0 Å². The van der Waals surface area contributed by atoms with Gasteiger partial charge < -0.3 is 14.9 Å². The number of phenolic OH excluding ortho intramolecular Hbond substituents is 1. The van der Waals surface area contributed by atoms with Gasteiger partial charge in [0, 0.05) is 18.1 Å². The van der Waals surface area contributed by atoms with Gasteiger partial charge in [-0.1, -0.05) is 0 Å². The van der Waals surface area contributed by atoms with E-state index in [-0.39, 0.29) is 34.4 Å². The topological polar surface area (TPSA) is 66.8 Å². The molecule has 0 bridgehead atoms. The van der Waals surface area contributed by atoms with E-state index in [1.165, 1.54) is 7.11 Å². The maximum atomic E-state index is 13.3. The third-order valence-corrected chi connectivity index (χ3v) is 2.92. The maximum Gasteiger partial charge on any atom is 0.303 e. The second-order valence-electron chi connectivity index (χ2n) is 3.10. The van der Waals surface area contributed by atoms with Gasteiger partial charge in [-0.05, 0) is 22.4 Å². The number of phenols is 1. The summed E-state index contributed by atoms with van der Waals surface area (Å²) in [5.41, 5.74) is 0.194. The Hall–Kier alpha value is -1.30. The molecule has 2 N–H and O–H groups in total. The van der Waals surface area contributed by atoms with Crippen molar-refractivity contribution in [3.05, 3.63) is 21.9 Å². The van der Waals surface area contributed by atoms with Crippen molar-refractivity contribution in [3.63, 3.8) is 0 Å². The van der Waals surface area contributed by atoms with E-state index in [9.17, 15) is 14.3 Å². The monoisotopic (exact) mass is 292 g/mol. The van der Waals surface area contributed by atoms with E-state index in [2.05, 4.69) is 15.9 Å². The quantitative estimate of drug-likeness (QED) is 0.894. The molecule has 0 unspecified atom stereocenters.